The SMILES string of the molecule is O=C(COc1ccccc1)Nc1ccc(N2CCN(c3ccccc3F)CC2)c(S(=O)(=O)NC2CCCc3ccccc32)c1. The lowest BCUT2D eigenvalue weighted by atomic mass is 9.88. The zero-order chi connectivity index (χ0) is 30.5. The first-order valence-electron chi connectivity index (χ1n) is 14.8. The Balaban J connectivity index is 1.25. The lowest BCUT2D eigenvalue weighted by Crippen LogP contribution is -2.47. The smallest absolute Gasteiger partial charge is 0.262 e. The Kier molecular flexibility index (Phi) is 8.81. The molecule has 0 bridgehead atoms. The topological polar surface area (TPSA) is 91.0 Å². The average molecular weight is 615 g/mol. The normalized spacial score (nSPS) is 16.7. The number of rotatable bonds is 9. The molecular weight excluding hydrogens is 579 g/mol. The summed E-state index contributed by atoms with van der Waals surface area (Å²) in [7, 11) is -4.02. The summed E-state index contributed by atoms with van der Waals surface area (Å²) in [5, 5.41) is 2.78. The summed E-state index contributed by atoms with van der Waals surface area (Å²) < 4.78 is 51.2. The van der Waals surface area contributed by atoms with E-state index in [1.54, 1.807) is 36.4 Å². The van der Waals surface area contributed by atoms with Crippen LogP contribution in [0.4, 0.5) is 21.5 Å². The number of amides is 1. The fourth-order valence-corrected chi connectivity index (χ4v) is 7.46. The number of para-hydroxylation sites is 2. The summed E-state index contributed by atoms with van der Waals surface area (Å²) in [5.74, 6) is -0.122. The van der Waals surface area contributed by atoms with Gasteiger partial charge in [0.25, 0.3) is 5.91 Å². The highest BCUT2D eigenvalue weighted by Gasteiger charge is 2.30. The van der Waals surface area contributed by atoms with Gasteiger partial charge in [-0.05, 0) is 72.9 Å². The number of aryl methyl sites for hydroxylation is 1. The number of anilines is 3. The fraction of sp³-hybridized carbons (Fsp3) is 0.265. The standard InChI is InChI=1S/C34H35FN4O4S/c35-29-14-6-7-16-31(29)38-19-21-39(22-20-38)32-18-17-26(36-34(40)24-43-27-11-2-1-3-12-27)23-33(32)44(41,42)37-30-15-8-10-25-9-4-5-13-28(25)30/h1-7,9,11-14,16-18,23,30,37H,8,10,15,19-22,24H2,(H,36,40). The van der Waals surface area contributed by atoms with E-state index in [0.717, 1.165) is 24.0 Å². The van der Waals surface area contributed by atoms with E-state index < -0.39 is 15.9 Å². The van der Waals surface area contributed by atoms with Gasteiger partial charge in [-0.2, -0.15) is 0 Å². The molecule has 0 saturated carbocycles. The second-order valence-corrected chi connectivity index (χ2v) is 12.7. The Bertz CT molecular complexity index is 1730. The number of carbonyl (C=O) groups is 1. The molecule has 1 amide bonds. The number of hydrogen-bond donors (Lipinski definition) is 2. The number of halogens is 1. The summed E-state index contributed by atoms with van der Waals surface area (Å²) in [5.41, 5.74) is 3.56. The van der Waals surface area contributed by atoms with Gasteiger partial charge in [0, 0.05) is 37.9 Å². The molecule has 1 fully saturated rings. The molecule has 228 valence electrons. The van der Waals surface area contributed by atoms with E-state index >= 15 is 0 Å². The van der Waals surface area contributed by atoms with E-state index in [4.69, 9.17) is 4.74 Å². The van der Waals surface area contributed by atoms with E-state index in [2.05, 4.69) is 10.0 Å². The van der Waals surface area contributed by atoms with E-state index in [1.165, 1.54) is 12.1 Å². The molecule has 0 aromatic heterocycles. The summed E-state index contributed by atoms with van der Waals surface area (Å²) >= 11 is 0. The van der Waals surface area contributed by atoms with Crippen LogP contribution in [0.2, 0.25) is 0 Å². The Morgan fingerprint density at radius 3 is 2.30 bits per heavy atom. The van der Waals surface area contributed by atoms with Gasteiger partial charge < -0.3 is 19.9 Å². The summed E-state index contributed by atoms with van der Waals surface area (Å²) in [6.07, 6.45) is 2.49. The zero-order valence-corrected chi connectivity index (χ0v) is 25.1. The van der Waals surface area contributed by atoms with Crippen molar-refractivity contribution in [2.24, 2.45) is 0 Å². The van der Waals surface area contributed by atoms with Crippen molar-refractivity contribution >= 4 is 33.0 Å². The monoisotopic (exact) mass is 614 g/mol. The van der Waals surface area contributed by atoms with Crippen molar-refractivity contribution in [1.29, 1.82) is 0 Å². The first-order chi connectivity index (χ1) is 21.4. The molecule has 6 rings (SSSR count). The van der Waals surface area contributed by atoms with Crippen LogP contribution in [0.25, 0.3) is 0 Å². The molecule has 1 atom stereocenters. The molecule has 1 unspecified atom stereocenters. The van der Waals surface area contributed by atoms with Gasteiger partial charge >= 0.3 is 0 Å². The molecule has 1 heterocycles. The first-order valence-corrected chi connectivity index (χ1v) is 16.3. The summed E-state index contributed by atoms with van der Waals surface area (Å²) in [6, 6.07) is 28.2. The van der Waals surface area contributed by atoms with Crippen LogP contribution in [-0.4, -0.2) is 47.1 Å². The third-order valence-electron chi connectivity index (χ3n) is 8.13. The number of hydrogen-bond acceptors (Lipinski definition) is 6. The lowest BCUT2D eigenvalue weighted by Gasteiger charge is -2.38. The number of nitrogens with zero attached hydrogens (tertiary/aromatic N) is 2. The van der Waals surface area contributed by atoms with Crippen molar-refractivity contribution in [3.05, 3.63) is 114 Å². The van der Waals surface area contributed by atoms with E-state index in [-0.39, 0.29) is 23.4 Å². The average Bonchev–Trinajstić information content (AvgIpc) is 3.05. The maximum absolute atomic E-state index is 14.5. The highest BCUT2D eigenvalue weighted by atomic mass is 32.2. The maximum atomic E-state index is 14.5. The number of fused-ring (bicyclic) bond motifs is 1. The molecule has 44 heavy (non-hydrogen) atoms. The number of sulfonamides is 1. The van der Waals surface area contributed by atoms with Gasteiger partial charge in [0.1, 0.15) is 16.5 Å². The minimum absolute atomic E-state index is 0.0849. The molecule has 0 spiro atoms. The Labute approximate surface area is 257 Å². The van der Waals surface area contributed by atoms with Crippen LogP contribution in [0.15, 0.2) is 102 Å². The Morgan fingerprint density at radius 1 is 0.841 bits per heavy atom. The number of ether oxygens (including phenoxy) is 1. The van der Waals surface area contributed by atoms with E-state index in [0.29, 0.717) is 55.4 Å². The van der Waals surface area contributed by atoms with Crippen molar-refractivity contribution in [1.82, 2.24) is 4.72 Å². The molecule has 1 aliphatic heterocycles. The van der Waals surface area contributed by atoms with Gasteiger partial charge in [-0.1, -0.05) is 54.6 Å². The molecule has 8 nitrogen and oxygen atoms in total. The quantitative estimate of drug-likeness (QED) is 0.258. The van der Waals surface area contributed by atoms with Crippen molar-refractivity contribution in [3.63, 3.8) is 0 Å². The molecule has 2 N–H and O–H groups in total. The molecule has 2 aliphatic rings. The molecule has 1 saturated heterocycles. The van der Waals surface area contributed by atoms with Crippen molar-refractivity contribution in [2.75, 3.05) is 47.9 Å². The van der Waals surface area contributed by atoms with Gasteiger partial charge in [-0.15, -0.1) is 0 Å². The minimum atomic E-state index is -4.02. The Hall–Kier alpha value is -4.41. The predicted molar refractivity (Wildman–Crippen MR) is 170 cm³/mol. The summed E-state index contributed by atoms with van der Waals surface area (Å²) in [6.45, 7) is 1.83. The number of piperazine rings is 1. The molecule has 10 heteroatoms. The van der Waals surface area contributed by atoms with E-state index in [1.807, 2.05) is 58.3 Å². The van der Waals surface area contributed by atoms with Crippen LogP contribution in [0.5, 0.6) is 5.75 Å². The minimum Gasteiger partial charge on any atom is -0.484 e. The van der Waals surface area contributed by atoms with Gasteiger partial charge in [-0.3, -0.25) is 4.79 Å². The third-order valence-corrected chi connectivity index (χ3v) is 9.63. The molecule has 1 aliphatic carbocycles. The van der Waals surface area contributed by atoms with E-state index in [9.17, 15) is 17.6 Å². The van der Waals surface area contributed by atoms with Crippen LogP contribution in [0, 0.1) is 5.82 Å². The van der Waals surface area contributed by atoms with Crippen LogP contribution in [-0.2, 0) is 21.2 Å². The highest BCUT2D eigenvalue weighted by Crippen LogP contribution is 2.35. The van der Waals surface area contributed by atoms with Gasteiger partial charge in [0.05, 0.1) is 11.4 Å². The molecule has 0 radical (unpaired) electrons. The number of carbonyl (C=O) groups excluding carboxylic acids is 1. The van der Waals surface area contributed by atoms with Gasteiger partial charge in [-0.25, -0.2) is 17.5 Å². The second-order valence-electron chi connectivity index (χ2n) is 11.0. The molecular formula is C34H35FN4O4S. The van der Waals surface area contributed by atoms with Crippen molar-refractivity contribution < 1.29 is 22.3 Å². The maximum Gasteiger partial charge on any atom is 0.262 e. The van der Waals surface area contributed by atoms with Crippen molar-refractivity contribution in [2.45, 2.75) is 30.2 Å². The molecule has 4 aromatic carbocycles. The van der Waals surface area contributed by atoms with Crippen LogP contribution in [0.3, 0.4) is 0 Å². The largest absolute Gasteiger partial charge is 0.484 e. The molecule has 4 aromatic rings. The van der Waals surface area contributed by atoms with Crippen molar-refractivity contribution in [3.8, 4) is 5.75 Å². The number of nitrogens with one attached hydrogen (secondary N) is 2. The third kappa shape index (κ3) is 6.71. The highest BCUT2D eigenvalue weighted by molar-refractivity contribution is 7.89. The van der Waals surface area contributed by atoms with Gasteiger partial charge in [0.2, 0.25) is 10.0 Å². The lowest BCUT2D eigenvalue weighted by molar-refractivity contribution is -0.118. The zero-order valence-electron chi connectivity index (χ0n) is 24.3. The second kappa shape index (κ2) is 13.1. The number of benzene rings is 4. The first kappa shape index (κ1) is 29.7. The van der Waals surface area contributed by atoms with Crippen LogP contribution in [0.1, 0.15) is 30.0 Å². The van der Waals surface area contributed by atoms with Crippen LogP contribution < -0.4 is 24.6 Å². The van der Waals surface area contributed by atoms with Gasteiger partial charge in [0.15, 0.2) is 6.61 Å². The Morgan fingerprint density at radius 2 is 1.52 bits per heavy atom. The predicted octanol–water partition coefficient (Wildman–Crippen LogP) is 5.53. The fourth-order valence-electron chi connectivity index (χ4n) is 5.95. The van der Waals surface area contributed by atoms with Crippen LogP contribution >= 0.6 is 0 Å². The summed E-state index contributed by atoms with van der Waals surface area (Å²) in [4.78, 5) is 16.8.